The Morgan fingerprint density at radius 2 is 2.25 bits per heavy atom. The van der Waals surface area contributed by atoms with E-state index in [1.807, 2.05) is 18.0 Å². The Hall–Kier alpha value is 0. The van der Waals surface area contributed by atoms with Crippen LogP contribution in [-0.4, -0.2) is 28.3 Å². The van der Waals surface area contributed by atoms with Crippen molar-refractivity contribution in [3.8, 4) is 0 Å². The fourth-order valence-electron chi connectivity index (χ4n) is 1.74. The summed E-state index contributed by atoms with van der Waals surface area (Å²) < 4.78 is 3.19. The standard InChI is InChI=1S/C11H20BrN3S/c1-5-13-10(7-16-4)11-9(12)6-14-15(11)8(2)3/h6,8,10,13H,5,7H2,1-4H3. The van der Waals surface area contributed by atoms with Crippen molar-refractivity contribution < 1.29 is 0 Å². The molecule has 0 fully saturated rings. The molecule has 0 saturated heterocycles. The minimum Gasteiger partial charge on any atom is -0.308 e. The molecule has 1 atom stereocenters. The van der Waals surface area contributed by atoms with E-state index in [9.17, 15) is 0 Å². The van der Waals surface area contributed by atoms with E-state index in [-0.39, 0.29) is 0 Å². The lowest BCUT2D eigenvalue weighted by Crippen LogP contribution is -2.26. The summed E-state index contributed by atoms with van der Waals surface area (Å²) in [5.41, 5.74) is 1.26. The maximum Gasteiger partial charge on any atom is 0.0707 e. The number of rotatable bonds is 6. The van der Waals surface area contributed by atoms with Crippen molar-refractivity contribution >= 4 is 27.7 Å². The first-order valence-corrected chi connectivity index (χ1v) is 7.75. The summed E-state index contributed by atoms with van der Waals surface area (Å²) in [5.74, 6) is 1.06. The van der Waals surface area contributed by atoms with E-state index in [4.69, 9.17) is 0 Å². The van der Waals surface area contributed by atoms with E-state index in [1.54, 1.807) is 0 Å². The molecule has 1 unspecified atom stereocenters. The van der Waals surface area contributed by atoms with E-state index >= 15 is 0 Å². The van der Waals surface area contributed by atoms with Gasteiger partial charge in [-0.2, -0.15) is 16.9 Å². The lowest BCUT2D eigenvalue weighted by molar-refractivity contribution is 0.467. The van der Waals surface area contributed by atoms with Crippen molar-refractivity contribution in [2.24, 2.45) is 0 Å². The maximum atomic E-state index is 4.42. The molecule has 3 nitrogen and oxygen atoms in total. The molecule has 0 saturated carbocycles. The number of hydrogen-bond donors (Lipinski definition) is 1. The Kier molecular flexibility index (Phi) is 5.86. The average Bonchev–Trinajstić information content (AvgIpc) is 2.60. The smallest absolute Gasteiger partial charge is 0.0707 e. The minimum atomic E-state index is 0.360. The van der Waals surface area contributed by atoms with Gasteiger partial charge >= 0.3 is 0 Å². The number of nitrogens with one attached hydrogen (secondary N) is 1. The monoisotopic (exact) mass is 305 g/mol. The first kappa shape index (κ1) is 14.1. The molecular formula is C11H20BrN3S. The van der Waals surface area contributed by atoms with Crippen LogP contribution in [0, 0.1) is 0 Å². The fourth-order valence-corrected chi connectivity index (χ4v) is 2.89. The molecular weight excluding hydrogens is 286 g/mol. The van der Waals surface area contributed by atoms with Gasteiger partial charge in [-0.1, -0.05) is 6.92 Å². The predicted molar refractivity (Wildman–Crippen MR) is 75.1 cm³/mol. The van der Waals surface area contributed by atoms with Gasteiger partial charge in [0.25, 0.3) is 0 Å². The second-order valence-corrected chi connectivity index (χ2v) is 5.75. The summed E-state index contributed by atoms with van der Waals surface area (Å²) in [7, 11) is 0. The van der Waals surface area contributed by atoms with Gasteiger partial charge in [0.2, 0.25) is 0 Å². The van der Waals surface area contributed by atoms with Gasteiger partial charge in [-0.05, 0) is 42.6 Å². The Labute approximate surface area is 110 Å². The Balaban J connectivity index is 3.01. The zero-order valence-corrected chi connectivity index (χ0v) is 12.7. The molecule has 0 bridgehead atoms. The van der Waals surface area contributed by atoms with Crippen LogP contribution >= 0.6 is 27.7 Å². The van der Waals surface area contributed by atoms with Gasteiger partial charge in [-0.25, -0.2) is 0 Å². The van der Waals surface area contributed by atoms with Gasteiger partial charge in [-0.3, -0.25) is 4.68 Å². The molecule has 0 aliphatic carbocycles. The Morgan fingerprint density at radius 1 is 1.56 bits per heavy atom. The fraction of sp³-hybridized carbons (Fsp3) is 0.727. The zero-order chi connectivity index (χ0) is 12.1. The molecule has 92 valence electrons. The van der Waals surface area contributed by atoms with E-state index in [0.717, 1.165) is 16.8 Å². The van der Waals surface area contributed by atoms with E-state index < -0.39 is 0 Å². The molecule has 1 N–H and O–H groups in total. The molecule has 1 aromatic heterocycles. The topological polar surface area (TPSA) is 29.9 Å². The van der Waals surface area contributed by atoms with Gasteiger partial charge in [0.15, 0.2) is 0 Å². The summed E-state index contributed by atoms with van der Waals surface area (Å²) >= 11 is 5.45. The van der Waals surface area contributed by atoms with Crippen LogP contribution in [0.3, 0.4) is 0 Å². The molecule has 0 spiro atoms. The maximum absolute atomic E-state index is 4.42. The molecule has 0 aliphatic rings. The zero-order valence-electron chi connectivity index (χ0n) is 10.3. The summed E-state index contributed by atoms with van der Waals surface area (Å²) in [6, 6.07) is 0.753. The van der Waals surface area contributed by atoms with Gasteiger partial charge in [-0.15, -0.1) is 0 Å². The third-order valence-corrected chi connectivity index (χ3v) is 3.67. The van der Waals surface area contributed by atoms with E-state index in [0.29, 0.717) is 12.1 Å². The van der Waals surface area contributed by atoms with Crippen LogP contribution in [0.5, 0.6) is 0 Å². The van der Waals surface area contributed by atoms with Crippen molar-refractivity contribution in [3.63, 3.8) is 0 Å². The number of hydrogen-bond acceptors (Lipinski definition) is 3. The minimum absolute atomic E-state index is 0.360. The third-order valence-electron chi connectivity index (χ3n) is 2.39. The molecule has 1 rings (SSSR count). The first-order chi connectivity index (χ1) is 7.61. The molecule has 5 heteroatoms. The van der Waals surface area contributed by atoms with Crippen molar-refractivity contribution in [1.82, 2.24) is 15.1 Å². The lowest BCUT2D eigenvalue weighted by atomic mass is 10.2. The highest BCUT2D eigenvalue weighted by atomic mass is 79.9. The van der Waals surface area contributed by atoms with Crippen LogP contribution in [0.25, 0.3) is 0 Å². The van der Waals surface area contributed by atoms with Crippen molar-refractivity contribution in [2.75, 3.05) is 18.6 Å². The second-order valence-electron chi connectivity index (χ2n) is 3.98. The van der Waals surface area contributed by atoms with Crippen LogP contribution in [0.15, 0.2) is 10.7 Å². The molecule has 0 aliphatic heterocycles. The number of aromatic nitrogens is 2. The summed E-state index contributed by atoms with van der Waals surface area (Å²) in [6.45, 7) is 7.42. The average molecular weight is 306 g/mol. The molecule has 1 aromatic rings. The van der Waals surface area contributed by atoms with E-state index in [1.165, 1.54) is 5.69 Å². The SMILES string of the molecule is CCNC(CSC)c1c(Br)cnn1C(C)C. The van der Waals surface area contributed by atoms with Crippen molar-refractivity contribution in [3.05, 3.63) is 16.4 Å². The van der Waals surface area contributed by atoms with Crippen LogP contribution < -0.4 is 5.32 Å². The summed E-state index contributed by atoms with van der Waals surface area (Å²) in [5, 5.41) is 7.93. The first-order valence-electron chi connectivity index (χ1n) is 5.57. The molecule has 0 amide bonds. The Bertz CT molecular complexity index is 319. The number of thioether (sulfide) groups is 1. The normalized spacial score (nSPS) is 13.4. The van der Waals surface area contributed by atoms with Crippen LogP contribution in [0.2, 0.25) is 0 Å². The summed E-state index contributed by atoms with van der Waals surface area (Å²) in [4.78, 5) is 0. The summed E-state index contributed by atoms with van der Waals surface area (Å²) in [6.07, 6.45) is 4.02. The largest absolute Gasteiger partial charge is 0.308 e. The van der Waals surface area contributed by atoms with Gasteiger partial charge in [0, 0.05) is 11.8 Å². The van der Waals surface area contributed by atoms with Gasteiger partial charge < -0.3 is 5.32 Å². The van der Waals surface area contributed by atoms with Gasteiger partial charge in [0.1, 0.15) is 0 Å². The van der Waals surface area contributed by atoms with Crippen LogP contribution in [0.1, 0.15) is 38.5 Å². The molecule has 16 heavy (non-hydrogen) atoms. The highest BCUT2D eigenvalue weighted by molar-refractivity contribution is 9.10. The highest BCUT2D eigenvalue weighted by Crippen LogP contribution is 2.27. The number of nitrogens with zero attached hydrogens (tertiary/aromatic N) is 2. The van der Waals surface area contributed by atoms with Crippen LogP contribution in [0.4, 0.5) is 0 Å². The molecule has 1 heterocycles. The van der Waals surface area contributed by atoms with Gasteiger partial charge in [0.05, 0.1) is 22.4 Å². The molecule has 0 radical (unpaired) electrons. The van der Waals surface area contributed by atoms with E-state index in [2.05, 4.69) is 58.1 Å². The third kappa shape index (κ3) is 3.25. The van der Waals surface area contributed by atoms with Crippen molar-refractivity contribution in [1.29, 1.82) is 0 Å². The lowest BCUT2D eigenvalue weighted by Gasteiger charge is -2.21. The number of halogens is 1. The van der Waals surface area contributed by atoms with Crippen LogP contribution in [-0.2, 0) is 0 Å². The quantitative estimate of drug-likeness (QED) is 0.875. The Morgan fingerprint density at radius 3 is 2.75 bits per heavy atom. The molecule has 0 aromatic carbocycles. The predicted octanol–water partition coefficient (Wildman–Crippen LogP) is 3.24. The second kappa shape index (κ2) is 6.67. The highest BCUT2D eigenvalue weighted by Gasteiger charge is 2.20. The van der Waals surface area contributed by atoms with Crippen molar-refractivity contribution in [2.45, 2.75) is 32.9 Å².